The first kappa shape index (κ1) is 11.7. The maximum atomic E-state index is 11.7. The summed E-state index contributed by atoms with van der Waals surface area (Å²) >= 11 is 0. The van der Waals surface area contributed by atoms with Crippen LogP contribution in [0.2, 0.25) is 0 Å². The van der Waals surface area contributed by atoms with Crippen LogP contribution in [0.1, 0.15) is 35.7 Å². The normalized spacial score (nSPS) is 12.5. The van der Waals surface area contributed by atoms with E-state index in [-0.39, 0.29) is 12.5 Å². The summed E-state index contributed by atoms with van der Waals surface area (Å²) < 4.78 is 4.94. The molecule has 1 rings (SSSR count). The molecule has 1 heterocycles. The van der Waals surface area contributed by atoms with E-state index in [1.807, 2.05) is 6.92 Å². The molecule has 1 amide bonds. The molecule has 0 aliphatic heterocycles. The highest BCUT2D eigenvalue weighted by Gasteiger charge is 2.18. The molecule has 0 fully saturated rings. The number of aliphatic hydroxyl groups excluding tert-OH is 1. The van der Waals surface area contributed by atoms with E-state index in [0.717, 1.165) is 0 Å². The summed E-state index contributed by atoms with van der Waals surface area (Å²) in [6.07, 6.45) is 0.0913. The lowest BCUT2D eigenvalue weighted by Crippen LogP contribution is -2.31. The van der Waals surface area contributed by atoms with Crippen molar-refractivity contribution >= 4 is 5.91 Å². The van der Waals surface area contributed by atoms with Crippen LogP contribution in [-0.4, -0.2) is 28.8 Å². The summed E-state index contributed by atoms with van der Waals surface area (Å²) in [6, 6.07) is 0. The van der Waals surface area contributed by atoms with Gasteiger partial charge in [-0.25, -0.2) is 0 Å². The van der Waals surface area contributed by atoms with Crippen LogP contribution in [0.5, 0.6) is 0 Å². The number of aliphatic hydroxyl groups is 1. The van der Waals surface area contributed by atoms with Crippen LogP contribution in [0.3, 0.4) is 0 Å². The molecule has 0 spiro atoms. The molecule has 0 unspecified atom stereocenters. The van der Waals surface area contributed by atoms with E-state index in [4.69, 9.17) is 9.63 Å². The van der Waals surface area contributed by atoms with Crippen molar-refractivity contribution in [1.82, 2.24) is 10.5 Å². The Kier molecular flexibility index (Phi) is 3.85. The fraction of sp³-hybridized carbons (Fsp3) is 0.600. The second-order valence-electron chi connectivity index (χ2n) is 3.47. The third-order valence-corrected chi connectivity index (χ3v) is 2.05. The summed E-state index contributed by atoms with van der Waals surface area (Å²) in [4.78, 5) is 11.7. The molecule has 1 atom stereocenters. The van der Waals surface area contributed by atoms with Crippen LogP contribution < -0.4 is 5.32 Å². The van der Waals surface area contributed by atoms with E-state index in [9.17, 15) is 4.79 Å². The topological polar surface area (TPSA) is 75.4 Å². The number of aromatic nitrogens is 1. The van der Waals surface area contributed by atoms with Crippen LogP contribution in [0.25, 0.3) is 0 Å². The number of nitrogens with zero attached hydrogens (tertiary/aromatic N) is 1. The van der Waals surface area contributed by atoms with Gasteiger partial charge in [0.05, 0.1) is 11.8 Å². The van der Waals surface area contributed by atoms with E-state index in [1.54, 1.807) is 13.8 Å². The quantitative estimate of drug-likeness (QED) is 0.768. The minimum atomic E-state index is -0.556. The number of nitrogens with one attached hydrogen (secondary N) is 1. The molecular formula is C10H16N2O3. The number of aryl methyl sites for hydroxylation is 2. The molecule has 0 aromatic carbocycles. The summed E-state index contributed by atoms with van der Waals surface area (Å²) in [5, 5.41) is 15.4. The molecular weight excluding hydrogens is 196 g/mol. The summed E-state index contributed by atoms with van der Waals surface area (Å²) in [6.45, 7) is 5.44. The average Bonchev–Trinajstić information content (AvgIpc) is 2.56. The molecule has 0 aliphatic carbocycles. The second kappa shape index (κ2) is 4.93. The monoisotopic (exact) mass is 212 g/mol. The van der Waals surface area contributed by atoms with Crippen LogP contribution in [-0.2, 0) is 6.42 Å². The molecule has 0 aliphatic rings. The number of carbonyl (C=O) groups excluding carboxylic acids is 1. The summed E-state index contributed by atoms with van der Waals surface area (Å²) in [5.41, 5.74) is 1.13. The lowest BCUT2D eigenvalue weighted by molar-refractivity contribution is 0.0921. The van der Waals surface area contributed by atoms with Gasteiger partial charge in [-0.15, -0.1) is 0 Å². The van der Waals surface area contributed by atoms with Gasteiger partial charge in [0, 0.05) is 6.54 Å². The maximum Gasteiger partial charge on any atom is 0.256 e. The van der Waals surface area contributed by atoms with Gasteiger partial charge in [0.1, 0.15) is 11.3 Å². The fourth-order valence-electron chi connectivity index (χ4n) is 1.28. The molecule has 2 N–H and O–H groups in total. The third-order valence-electron chi connectivity index (χ3n) is 2.05. The smallest absolute Gasteiger partial charge is 0.256 e. The highest BCUT2D eigenvalue weighted by atomic mass is 16.5. The van der Waals surface area contributed by atoms with Crippen molar-refractivity contribution in [3.63, 3.8) is 0 Å². The predicted octanol–water partition coefficient (Wildman–Crippen LogP) is 0.656. The molecule has 5 nitrogen and oxygen atoms in total. The van der Waals surface area contributed by atoms with Gasteiger partial charge < -0.3 is 14.9 Å². The summed E-state index contributed by atoms with van der Waals surface area (Å²) in [7, 11) is 0. The minimum absolute atomic E-state index is 0.229. The van der Waals surface area contributed by atoms with Crippen LogP contribution in [0, 0.1) is 6.92 Å². The van der Waals surface area contributed by atoms with Crippen molar-refractivity contribution in [3.05, 3.63) is 17.0 Å². The zero-order valence-corrected chi connectivity index (χ0v) is 9.20. The van der Waals surface area contributed by atoms with Crippen LogP contribution in [0.15, 0.2) is 4.52 Å². The number of hydrogen-bond donors (Lipinski definition) is 2. The first-order valence-corrected chi connectivity index (χ1v) is 4.97. The Bertz CT molecular complexity index is 344. The number of amides is 1. The van der Waals surface area contributed by atoms with Gasteiger partial charge in [-0.3, -0.25) is 4.79 Å². The molecule has 5 heteroatoms. The van der Waals surface area contributed by atoms with E-state index in [0.29, 0.717) is 23.4 Å². The van der Waals surface area contributed by atoms with Crippen LogP contribution >= 0.6 is 0 Å². The number of hydrogen-bond acceptors (Lipinski definition) is 4. The number of carbonyl (C=O) groups is 1. The zero-order chi connectivity index (χ0) is 11.4. The van der Waals surface area contributed by atoms with Crippen molar-refractivity contribution in [1.29, 1.82) is 0 Å². The van der Waals surface area contributed by atoms with Gasteiger partial charge in [-0.05, 0) is 20.3 Å². The molecule has 1 aromatic heterocycles. The van der Waals surface area contributed by atoms with Crippen molar-refractivity contribution in [2.45, 2.75) is 33.3 Å². The Morgan fingerprint density at radius 1 is 1.67 bits per heavy atom. The van der Waals surface area contributed by atoms with E-state index in [2.05, 4.69) is 10.5 Å². The van der Waals surface area contributed by atoms with E-state index >= 15 is 0 Å². The third kappa shape index (κ3) is 2.79. The Morgan fingerprint density at radius 2 is 2.33 bits per heavy atom. The molecule has 0 saturated heterocycles. The van der Waals surface area contributed by atoms with Crippen LogP contribution in [0.4, 0.5) is 0 Å². The fourth-order valence-corrected chi connectivity index (χ4v) is 1.28. The number of rotatable bonds is 4. The largest absolute Gasteiger partial charge is 0.392 e. The Hall–Kier alpha value is -1.36. The van der Waals surface area contributed by atoms with Gasteiger partial charge in [-0.1, -0.05) is 12.1 Å². The molecule has 0 bridgehead atoms. The van der Waals surface area contributed by atoms with E-state index in [1.165, 1.54) is 0 Å². The Balaban J connectivity index is 2.76. The Labute approximate surface area is 88.5 Å². The van der Waals surface area contributed by atoms with Gasteiger partial charge in [0.25, 0.3) is 5.91 Å². The van der Waals surface area contributed by atoms with Gasteiger partial charge >= 0.3 is 0 Å². The SMILES string of the molecule is CCc1noc(C)c1C(=O)NC[C@H](C)O. The van der Waals surface area contributed by atoms with Crippen molar-refractivity contribution in [2.75, 3.05) is 6.54 Å². The molecule has 1 aromatic rings. The van der Waals surface area contributed by atoms with Crippen molar-refractivity contribution < 1.29 is 14.4 Å². The lowest BCUT2D eigenvalue weighted by atomic mass is 10.1. The predicted molar refractivity (Wildman–Crippen MR) is 54.6 cm³/mol. The highest BCUT2D eigenvalue weighted by Crippen LogP contribution is 2.13. The maximum absolute atomic E-state index is 11.7. The first-order valence-electron chi connectivity index (χ1n) is 4.97. The molecule has 0 radical (unpaired) electrons. The van der Waals surface area contributed by atoms with Gasteiger partial charge in [0.15, 0.2) is 0 Å². The van der Waals surface area contributed by atoms with Crippen molar-refractivity contribution in [3.8, 4) is 0 Å². The standard InChI is InChI=1S/C10H16N2O3/c1-4-8-9(7(3)15-12-8)10(14)11-5-6(2)13/h6,13H,4-5H2,1-3H3,(H,11,14)/t6-/m0/s1. The highest BCUT2D eigenvalue weighted by molar-refractivity contribution is 5.96. The molecule has 0 saturated carbocycles. The van der Waals surface area contributed by atoms with Crippen molar-refractivity contribution in [2.24, 2.45) is 0 Å². The van der Waals surface area contributed by atoms with E-state index < -0.39 is 6.10 Å². The second-order valence-corrected chi connectivity index (χ2v) is 3.47. The van der Waals surface area contributed by atoms with Gasteiger partial charge in [-0.2, -0.15) is 0 Å². The molecule has 15 heavy (non-hydrogen) atoms. The summed E-state index contributed by atoms with van der Waals surface area (Å²) in [5.74, 6) is 0.265. The zero-order valence-electron chi connectivity index (χ0n) is 9.20. The lowest BCUT2D eigenvalue weighted by Gasteiger charge is -2.06. The minimum Gasteiger partial charge on any atom is -0.392 e. The Morgan fingerprint density at radius 3 is 2.87 bits per heavy atom. The molecule has 84 valence electrons. The average molecular weight is 212 g/mol. The first-order chi connectivity index (χ1) is 7.06. The van der Waals surface area contributed by atoms with Gasteiger partial charge in [0.2, 0.25) is 0 Å².